The first-order valence-corrected chi connectivity index (χ1v) is 13.4. The Bertz CT molecular complexity index is 1310. The maximum Gasteiger partial charge on any atom is 0.253 e. The Morgan fingerprint density at radius 3 is 2.27 bits per heavy atom. The first-order chi connectivity index (χ1) is 17.9. The number of hydrogen-bond donors (Lipinski definition) is 3. The summed E-state index contributed by atoms with van der Waals surface area (Å²) in [5.74, 6) is 1.06. The van der Waals surface area contributed by atoms with Gasteiger partial charge in [0, 0.05) is 62.8 Å². The highest BCUT2D eigenvalue weighted by atomic mass is 32.2. The van der Waals surface area contributed by atoms with Gasteiger partial charge in [0.2, 0.25) is 10.0 Å². The van der Waals surface area contributed by atoms with Crippen molar-refractivity contribution >= 4 is 38.9 Å². The van der Waals surface area contributed by atoms with Crippen LogP contribution in [0.2, 0.25) is 0 Å². The lowest BCUT2D eigenvalue weighted by Gasteiger charge is -2.34. The summed E-state index contributed by atoms with van der Waals surface area (Å²) < 4.78 is 31.6. The Hall–Kier alpha value is -3.58. The molecule has 0 saturated carbocycles. The molecule has 2 heterocycles. The van der Waals surface area contributed by atoms with Gasteiger partial charge in [-0.25, -0.2) is 23.1 Å². The molecule has 4 rings (SSSR count). The summed E-state index contributed by atoms with van der Waals surface area (Å²) in [6, 6.07) is 15.4. The van der Waals surface area contributed by atoms with Crippen molar-refractivity contribution in [2.24, 2.45) is 0 Å². The smallest absolute Gasteiger partial charge is 0.253 e. The molecule has 3 aromatic rings. The number of nitrogens with one attached hydrogen (secondary N) is 3. The predicted octanol–water partition coefficient (Wildman–Crippen LogP) is 2.28. The molecule has 1 fully saturated rings. The number of carbonyl (C=O) groups excluding carboxylic acids is 1. The monoisotopic (exact) mass is 525 g/mol. The number of amides is 1. The predicted molar refractivity (Wildman–Crippen MR) is 142 cm³/mol. The molecule has 12 heteroatoms. The maximum absolute atomic E-state index is 12.9. The van der Waals surface area contributed by atoms with E-state index in [1.54, 1.807) is 37.4 Å². The van der Waals surface area contributed by atoms with Crippen LogP contribution in [0.1, 0.15) is 10.4 Å². The van der Waals surface area contributed by atoms with E-state index in [1.165, 1.54) is 25.5 Å². The molecule has 2 aromatic carbocycles. The van der Waals surface area contributed by atoms with Crippen molar-refractivity contribution in [2.45, 2.75) is 4.90 Å². The number of benzene rings is 2. The fourth-order valence-electron chi connectivity index (χ4n) is 3.92. The van der Waals surface area contributed by atoms with Gasteiger partial charge in [-0.2, -0.15) is 0 Å². The lowest BCUT2D eigenvalue weighted by atomic mass is 10.1. The topological polar surface area (TPSA) is 129 Å². The number of anilines is 4. The zero-order valence-corrected chi connectivity index (χ0v) is 21.7. The van der Waals surface area contributed by atoms with E-state index < -0.39 is 10.0 Å². The average molecular weight is 526 g/mol. The fourth-order valence-corrected chi connectivity index (χ4v) is 4.70. The molecular weight excluding hydrogens is 494 g/mol. The molecule has 196 valence electrons. The van der Waals surface area contributed by atoms with Gasteiger partial charge in [-0.3, -0.25) is 9.69 Å². The summed E-state index contributed by atoms with van der Waals surface area (Å²) in [4.78, 5) is 25.7. The van der Waals surface area contributed by atoms with Gasteiger partial charge < -0.3 is 20.3 Å². The van der Waals surface area contributed by atoms with Gasteiger partial charge in [0.05, 0.1) is 11.5 Å². The highest BCUT2D eigenvalue weighted by molar-refractivity contribution is 7.89. The van der Waals surface area contributed by atoms with Crippen LogP contribution in [-0.2, 0) is 14.8 Å². The van der Waals surface area contributed by atoms with Crippen molar-refractivity contribution in [2.75, 3.05) is 64.1 Å². The third kappa shape index (κ3) is 7.01. The molecule has 1 aliphatic heterocycles. The molecule has 1 amide bonds. The first kappa shape index (κ1) is 26.5. The molecule has 0 unspecified atom stereocenters. The van der Waals surface area contributed by atoms with Crippen LogP contribution in [0.3, 0.4) is 0 Å². The Morgan fingerprint density at radius 2 is 1.62 bits per heavy atom. The number of rotatable bonds is 10. The third-order valence-corrected chi connectivity index (χ3v) is 7.44. The number of carbonyl (C=O) groups is 1. The highest BCUT2D eigenvalue weighted by Gasteiger charge is 2.21. The molecule has 0 aliphatic carbocycles. The number of piperazine rings is 1. The number of ether oxygens (including phenoxy) is 1. The van der Waals surface area contributed by atoms with Crippen molar-refractivity contribution in [3.8, 4) is 0 Å². The minimum atomic E-state index is -3.55. The van der Waals surface area contributed by atoms with E-state index >= 15 is 0 Å². The molecule has 3 N–H and O–H groups in total. The summed E-state index contributed by atoms with van der Waals surface area (Å²) in [5.41, 5.74) is 1.98. The summed E-state index contributed by atoms with van der Waals surface area (Å²) in [6.07, 6.45) is 1.41. The van der Waals surface area contributed by atoms with Gasteiger partial charge in [-0.15, -0.1) is 0 Å². The van der Waals surface area contributed by atoms with Crippen LogP contribution in [-0.4, -0.2) is 87.6 Å². The first-order valence-electron chi connectivity index (χ1n) is 11.9. The van der Waals surface area contributed by atoms with Crippen molar-refractivity contribution in [1.29, 1.82) is 0 Å². The quantitative estimate of drug-likeness (QED) is 0.365. The van der Waals surface area contributed by atoms with E-state index in [4.69, 9.17) is 4.74 Å². The van der Waals surface area contributed by atoms with Crippen molar-refractivity contribution in [1.82, 2.24) is 24.5 Å². The summed E-state index contributed by atoms with van der Waals surface area (Å²) >= 11 is 0. The standard InChI is InChI=1S/C25H31N7O4S/c1-26-37(34,35)22-5-3-4-21(16-22)30-24-17-23(27-18-28-24)29-20-8-6-19(7-9-20)25(33)32-12-10-31(11-13-32)14-15-36-2/h3-9,16-18,26H,10-15H2,1-2H3,(H2,27,28,29,30). The van der Waals surface area contributed by atoms with Gasteiger partial charge >= 0.3 is 0 Å². The minimum Gasteiger partial charge on any atom is -0.383 e. The summed E-state index contributed by atoms with van der Waals surface area (Å²) in [5, 5.41) is 6.30. The average Bonchev–Trinajstić information content (AvgIpc) is 2.92. The summed E-state index contributed by atoms with van der Waals surface area (Å²) in [7, 11) is -0.492. The molecule has 0 spiro atoms. The minimum absolute atomic E-state index is 0.0222. The second-order valence-corrected chi connectivity index (χ2v) is 10.4. The molecule has 11 nitrogen and oxygen atoms in total. The van der Waals surface area contributed by atoms with Gasteiger partial charge in [0.25, 0.3) is 5.91 Å². The Balaban J connectivity index is 1.36. The Morgan fingerprint density at radius 1 is 0.946 bits per heavy atom. The second-order valence-electron chi connectivity index (χ2n) is 8.48. The second kappa shape index (κ2) is 12.1. The van der Waals surface area contributed by atoms with E-state index in [9.17, 15) is 13.2 Å². The van der Waals surface area contributed by atoms with Crippen molar-refractivity contribution in [3.63, 3.8) is 0 Å². The van der Waals surface area contributed by atoms with Crippen molar-refractivity contribution < 1.29 is 17.9 Å². The molecular formula is C25H31N7O4S. The van der Waals surface area contributed by atoms with Crippen LogP contribution in [0.5, 0.6) is 0 Å². The Labute approximate surface area is 216 Å². The number of sulfonamides is 1. The SMILES string of the molecule is CNS(=O)(=O)c1cccc(Nc2cc(Nc3ccc(C(=O)N4CCN(CCOC)CC4)cc3)ncn2)c1. The highest BCUT2D eigenvalue weighted by Crippen LogP contribution is 2.22. The van der Waals surface area contributed by atoms with E-state index in [-0.39, 0.29) is 10.8 Å². The van der Waals surface area contributed by atoms with Crippen LogP contribution in [0, 0.1) is 0 Å². The van der Waals surface area contributed by atoms with E-state index in [1.807, 2.05) is 17.0 Å². The zero-order chi connectivity index (χ0) is 26.3. The van der Waals surface area contributed by atoms with Crippen LogP contribution in [0.25, 0.3) is 0 Å². The van der Waals surface area contributed by atoms with Gasteiger partial charge in [0.1, 0.15) is 18.0 Å². The number of aromatic nitrogens is 2. The third-order valence-electron chi connectivity index (χ3n) is 6.03. The molecule has 1 aliphatic rings. The van der Waals surface area contributed by atoms with E-state index in [0.717, 1.165) is 25.3 Å². The molecule has 0 bridgehead atoms. The number of hydrogen-bond acceptors (Lipinski definition) is 9. The van der Waals surface area contributed by atoms with Crippen LogP contribution < -0.4 is 15.4 Å². The fraction of sp³-hybridized carbons (Fsp3) is 0.320. The van der Waals surface area contributed by atoms with Crippen LogP contribution >= 0.6 is 0 Å². The number of nitrogens with zero attached hydrogens (tertiary/aromatic N) is 4. The molecule has 1 saturated heterocycles. The Kier molecular flexibility index (Phi) is 8.66. The molecule has 0 radical (unpaired) electrons. The van der Waals surface area contributed by atoms with E-state index in [0.29, 0.717) is 42.6 Å². The van der Waals surface area contributed by atoms with E-state index in [2.05, 4.69) is 30.2 Å². The maximum atomic E-state index is 12.9. The molecule has 1 aromatic heterocycles. The largest absolute Gasteiger partial charge is 0.383 e. The lowest BCUT2D eigenvalue weighted by Crippen LogP contribution is -2.49. The molecule has 37 heavy (non-hydrogen) atoms. The molecule has 0 atom stereocenters. The number of methoxy groups -OCH3 is 1. The lowest BCUT2D eigenvalue weighted by molar-refractivity contribution is 0.0594. The van der Waals surface area contributed by atoms with Gasteiger partial charge in [-0.05, 0) is 49.5 Å². The normalized spacial score (nSPS) is 14.4. The van der Waals surface area contributed by atoms with Crippen molar-refractivity contribution in [3.05, 3.63) is 66.5 Å². The summed E-state index contributed by atoms with van der Waals surface area (Å²) in [6.45, 7) is 4.65. The zero-order valence-electron chi connectivity index (χ0n) is 20.8. The van der Waals surface area contributed by atoms with Crippen LogP contribution in [0.4, 0.5) is 23.0 Å². The van der Waals surface area contributed by atoms with Gasteiger partial charge in [0.15, 0.2) is 0 Å². The van der Waals surface area contributed by atoms with Crippen LogP contribution in [0.15, 0.2) is 65.8 Å². The van der Waals surface area contributed by atoms with Gasteiger partial charge in [-0.1, -0.05) is 6.07 Å².